The van der Waals surface area contributed by atoms with Crippen molar-refractivity contribution in [1.82, 2.24) is 20.4 Å². The van der Waals surface area contributed by atoms with Gasteiger partial charge in [-0.1, -0.05) is 6.92 Å². The summed E-state index contributed by atoms with van der Waals surface area (Å²) in [6.07, 6.45) is 0.747. The minimum absolute atomic E-state index is 0.0339. The summed E-state index contributed by atoms with van der Waals surface area (Å²) in [5.41, 5.74) is 3.26. The number of nitrogens with one attached hydrogen (secondary N) is 1. The van der Waals surface area contributed by atoms with Gasteiger partial charge in [0.25, 0.3) is 11.8 Å². The molecule has 0 saturated heterocycles. The first-order valence-electron chi connectivity index (χ1n) is 11.3. The van der Waals surface area contributed by atoms with Crippen LogP contribution in [-0.2, 0) is 0 Å². The molecule has 2 amide bonds. The largest absolute Gasteiger partial charge is 0.497 e. The molecule has 34 heavy (non-hydrogen) atoms. The molecule has 0 radical (unpaired) electrons. The molecule has 1 atom stereocenters. The van der Waals surface area contributed by atoms with Crippen LogP contribution in [0.2, 0.25) is 0 Å². The van der Waals surface area contributed by atoms with E-state index in [-0.39, 0.29) is 17.5 Å². The molecule has 1 aromatic carbocycles. The van der Waals surface area contributed by atoms with Gasteiger partial charge in [0.15, 0.2) is 11.5 Å². The van der Waals surface area contributed by atoms with Gasteiger partial charge in [-0.2, -0.15) is 0 Å². The first-order valence-corrected chi connectivity index (χ1v) is 12.1. The Morgan fingerprint density at radius 1 is 1.15 bits per heavy atom. The first-order chi connectivity index (χ1) is 16.4. The number of hydrogen-bond acceptors (Lipinski definition) is 7. The van der Waals surface area contributed by atoms with Crippen molar-refractivity contribution in [3.8, 4) is 5.75 Å². The minimum atomic E-state index is -0.415. The highest BCUT2D eigenvalue weighted by Crippen LogP contribution is 2.31. The van der Waals surface area contributed by atoms with Crippen molar-refractivity contribution in [2.75, 3.05) is 44.7 Å². The summed E-state index contributed by atoms with van der Waals surface area (Å²) in [6, 6.07) is 8.84. The molecule has 2 aliphatic rings. The monoisotopic (exact) mass is 529 g/mol. The Morgan fingerprint density at radius 2 is 1.88 bits per heavy atom. The topological polar surface area (TPSA) is 108 Å². The van der Waals surface area contributed by atoms with Crippen LogP contribution in [0.25, 0.3) is 0 Å². The van der Waals surface area contributed by atoms with E-state index < -0.39 is 6.10 Å². The van der Waals surface area contributed by atoms with Gasteiger partial charge in [0.1, 0.15) is 5.75 Å². The summed E-state index contributed by atoms with van der Waals surface area (Å²) in [5, 5.41) is 20.7. The third-order valence-electron chi connectivity index (χ3n) is 6.16. The minimum Gasteiger partial charge on any atom is -0.497 e. The first kappa shape index (κ1) is 24.2. The van der Waals surface area contributed by atoms with E-state index in [1.165, 1.54) is 11.1 Å². The smallest absolute Gasteiger partial charge is 0.271 e. The number of benzene rings is 1. The van der Waals surface area contributed by atoms with Crippen LogP contribution in [0, 0.1) is 0 Å². The van der Waals surface area contributed by atoms with Crippen LogP contribution >= 0.6 is 15.9 Å². The molecule has 180 valence electrons. The number of amides is 2. The molecule has 2 aromatic rings. The molecule has 2 aliphatic heterocycles. The second-order valence-electron chi connectivity index (χ2n) is 8.45. The second-order valence-corrected chi connectivity index (χ2v) is 9.31. The van der Waals surface area contributed by atoms with Gasteiger partial charge >= 0.3 is 0 Å². The Bertz CT molecular complexity index is 1090. The highest BCUT2D eigenvalue weighted by atomic mass is 79.9. The van der Waals surface area contributed by atoms with E-state index in [1.807, 2.05) is 24.0 Å². The van der Waals surface area contributed by atoms with Crippen molar-refractivity contribution in [3.63, 3.8) is 0 Å². The number of carbonyl (C=O) groups excluding carboxylic acids is 2. The van der Waals surface area contributed by atoms with Gasteiger partial charge in [-0.15, -0.1) is 10.2 Å². The van der Waals surface area contributed by atoms with E-state index in [0.29, 0.717) is 62.7 Å². The van der Waals surface area contributed by atoms with E-state index in [1.54, 1.807) is 25.3 Å². The van der Waals surface area contributed by atoms with Gasteiger partial charge in [0.05, 0.1) is 18.8 Å². The number of rotatable bonds is 8. The van der Waals surface area contributed by atoms with Gasteiger partial charge in [-0.3, -0.25) is 9.59 Å². The Hall–Kier alpha value is -2.98. The number of nitrogens with zero attached hydrogens (tertiary/aromatic N) is 4. The number of aliphatic hydroxyl groups excluding tert-OH is 1. The second kappa shape index (κ2) is 10.5. The number of aliphatic hydroxyl groups is 1. The number of aromatic nitrogens is 2. The summed E-state index contributed by atoms with van der Waals surface area (Å²) in [7, 11) is 1.58. The molecule has 1 aromatic heterocycles. The number of anilines is 1. The number of carbonyl (C=O) groups is 2. The quantitative estimate of drug-likeness (QED) is 0.505. The maximum Gasteiger partial charge on any atom is 0.271 e. The lowest BCUT2D eigenvalue weighted by Crippen LogP contribution is -2.34. The highest BCUT2D eigenvalue weighted by molar-refractivity contribution is 9.10. The van der Waals surface area contributed by atoms with Gasteiger partial charge in [0, 0.05) is 37.2 Å². The van der Waals surface area contributed by atoms with Crippen LogP contribution in [0.4, 0.5) is 5.82 Å². The molecule has 4 rings (SSSR count). The summed E-state index contributed by atoms with van der Waals surface area (Å²) in [6.45, 7) is 4.79. The van der Waals surface area contributed by atoms with E-state index >= 15 is 0 Å². The van der Waals surface area contributed by atoms with Crippen LogP contribution in [0.15, 0.2) is 46.0 Å². The summed E-state index contributed by atoms with van der Waals surface area (Å²) >= 11 is 3.47. The molecule has 0 aliphatic carbocycles. The zero-order chi connectivity index (χ0) is 24.2. The Balaban J connectivity index is 1.31. The standard InChI is InChI=1S/C24H28BrN5O4/c1-3-17(31)8-9-26-23(32)21-6-7-22(28-27-21)29-11-15-13-30(14-16(15)12-29)24(33)19-10-18(34-2)4-5-20(19)25/h4-7,10,17,31H,3,8-9,11-14H2,1-2H3,(H,26,32). The van der Waals surface area contributed by atoms with E-state index in [4.69, 9.17) is 4.74 Å². The van der Waals surface area contributed by atoms with Gasteiger partial charge in [0.2, 0.25) is 0 Å². The number of hydrogen-bond donors (Lipinski definition) is 2. The number of methoxy groups -OCH3 is 1. The average Bonchev–Trinajstić information content (AvgIpc) is 3.43. The fraction of sp³-hybridized carbons (Fsp3) is 0.417. The third-order valence-corrected chi connectivity index (χ3v) is 6.85. The van der Waals surface area contributed by atoms with Crippen LogP contribution in [-0.4, -0.2) is 78.0 Å². The van der Waals surface area contributed by atoms with E-state index in [9.17, 15) is 14.7 Å². The average molecular weight is 530 g/mol. The summed E-state index contributed by atoms with van der Waals surface area (Å²) < 4.78 is 6.00. The van der Waals surface area contributed by atoms with Crippen molar-refractivity contribution in [2.24, 2.45) is 0 Å². The normalized spacial score (nSPS) is 16.0. The molecule has 0 saturated carbocycles. The SMILES string of the molecule is CCC(O)CCNC(=O)c1ccc(N2CC3=C(CN(C(=O)c4cc(OC)ccc4Br)C3)C2)nn1. The van der Waals surface area contributed by atoms with Crippen molar-refractivity contribution < 1.29 is 19.4 Å². The summed E-state index contributed by atoms with van der Waals surface area (Å²) in [4.78, 5) is 29.2. The van der Waals surface area contributed by atoms with Gasteiger partial charge in [-0.05, 0) is 70.2 Å². The van der Waals surface area contributed by atoms with E-state index in [2.05, 4.69) is 36.3 Å². The molecule has 0 spiro atoms. The lowest BCUT2D eigenvalue weighted by Gasteiger charge is -2.24. The lowest BCUT2D eigenvalue weighted by molar-refractivity contribution is 0.0793. The molecular formula is C24H28BrN5O4. The van der Waals surface area contributed by atoms with Gasteiger partial charge < -0.3 is 25.0 Å². The number of halogens is 1. The van der Waals surface area contributed by atoms with Crippen molar-refractivity contribution in [2.45, 2.75) is 25.9 Å². The Kier molecular flexibility index (Phi) is 7.47. The van der Waals surface area contributed by atoms with Crippen LogP contribution in [0.3, 0.4) is 0 Å². The predicted molar refractivity (Wildman–Crippen MR) is 131 cm³/mol. The molecule has 0 bridgehead atoms. The van der Waals surface area contributed by atoms with Crippen LogP contribution in [0.1, 0.15) is 40.6 Å². The molecule has 9 nitrogen and oxygen atoms in total. The highest BCUT2D eigenvalue weighted by Gasteiger charge is 2.33. The molecule has 0 fully saturated rings. The molecule has 1 unspecified atom stereocenters. The zero-order valence-electron chi connectivity index (χ0n) is 19.3. The zero-order valence-corrected chi connectivity index (χ0v) is 20.8. The van der Waals surface area contributed by atoms with Crippen LogP contribution in [0.5, 0.6) is 5.75 Å². The maximum absolute atomic E-state index is 13.1. The third kappa shape index (κ3) is 5.23. The Morgan fingerprint density at radius 3 is 2.50 bits per heavy atom. The maximum atomic E-state index is 13.1. The fourth-order valence-electron chi connectivity index (χ4n) is 4.11. The lowest BCUT2D eigenvalue weighted by atomic mass is 10.2. The fourth-order valence-corrected chi connectivity index (χ4v) is 4.53. The van der Waals surface area contributed by atoms with Crippen molar-refractivity contribution in [3.05, 3.63) is 57.2 Å². The molecule has 2 N–H and O–H groups in total. The summed E-state index contributed by atoms with van der Waals surface area (Å²) in [5.74, 6) is 1.00. The van der Waals surface area contributed by atoms with Gasteiger partial charge in [-0.25, -0.2) is 0 Å². The van der Waals surface area contributed by atoms with Crippen LogP contribution < -0.4 is 15.0 Å². The molecule has 10 heteroatoms. The van der Waals surface area contributed by atoms with Crippen molar-refractivity contribution in [1.29, 1.82) is 0 Å². The molecular weight excluding hydrogens is 502 g/mol. The Labute approximate surface area is 206 Å². The van der Waals surface area contributed by atoms with Crippen molar-refractivity contribution >= 4 is 33.6 Å². The molecule has 3 heterocycles. The number of ether oxygens (including phenoxy) is 1. The van der Waals surface area contributed by atoms with E-state index in [0.717, 1.165) is 4.47 Å². The predicted octanol–water partition coefficient (Wildman–Crippen LogP) is 2.41.